The monoisotopic (exact) mass is 143 g/mol. The van der Waals surface area contributed by atoms with E-state index in [2.05, 4.69) is 32.6 Å². The third kappa shape index (κ3) is 1.70. The minimum Gasteiger partial charge on any atom is -0.362 e. The van der Waals surface area contributed by atoms with Crippen LogP contribution in [0.4, 0.5) is 0 Å². The summed E-state index contributed by atoms with van der Waals surface area (Å²) in [6.45, 7) is 10.6. The number of nitrogens with zero attached hydrogens (tertiary/aromatic N) is 1. The molecule has 0 amide bonds. The first-order valence-corrected chi connectivity index (χ1v) is 3.87. The van der Waals surface area contributed by atoms with E-state index >= 15 is 0 Å². The molecule has 0 saturated carbocycles. The molecule has 2 nitrogen and oxygen atoms in total. The Hall–Kier alpha value is -0.0800. The standard InChI is InChI=1S/C8H17NO/c1-7-5-9(6-10-7)8(2,3)4/h7H,5-6H2,1-4H3/t7-/m1/s1. The Kier molecular flexibility index (Phi) is 2.02. The maximum Gasteiger partial charge on any atom is 0.0999 e. The highest BCUT2D eigenvalue weighted by atomic mass is 16.5. The highest BCUT2D eigenvalue weighted by Gasteiger charge is 2.28. The van der Waals surface area contributed by atoms with Crippen LogP contribution >= 0.6 is 0 Å². The van der Waals surface area contributed by atoms with E-state index in [0.717, 1.165) is 13.3 Å². The van der Waals surface area contributed by atoms with E-state index in [1.54, 1.807) is 0 Å². The summed E-state index contributed by atoms with van der Waals surface area (Å²) < 4.78 is 5.42. The van der Waals surface area contributed by atoms with E-state index in [-0.39, 0.29) is 5.54 Å². The van der Waals surface area contributed by atoms with Crippen LogP contribution < -0.4 is 0 Å². The van der Waals surface area contributed by atoms with E-state index in [0.29, 0.717) is 6.10 Å². The van der Waals surface area contributed by atoms with E-state index in [1.165, 1.54) is 0 Å². The van der Waals surface area contributed by atoms with Gasteiger partial charge in [0.25, 0.3) is 0 Å². The predicted molar refractivity (Wildman–Crippen MR) is 41.9 cm³/mol. The molecule has 0 aromatic heterocycles. The second-order valence-electron chi connectivity index (χ2n) is 4.00. The third-order valence-corrected chi connectivity index (χ3v) is 1.94. The summed E-state index contributed by atoms with van der Waals surface area (Å²) in [6.07, 6.45) is 0.416. The van der Waals surface area contributed by atoms with Gasteiger partial charge in [-0.15, -0.1) is 0 Å². The van der Waals surface area contributed by atoms with Crippen molar-refractivity contribution in [3.8, 4) is 0 Å². The van der Waals surface area contributed by atoms with Gasteiger partial charge in [0, 0.05) is 12.1 Å². The Bertz CT molecular complexity index is 117. The maximum atomic E-state index is 5.42. The lowest BCUT2D eigenvalue weighted by molar-refractivity contribution is 0.0660. The minimum absolute atomic E-state index is 0.269. The molecule has 1 aliphatic rings. The molecule has 0 aromatic carbocycles. The van der Waals surface area contributed by atoms with Crippen LogP contribution in [0.1, 0.15) is 27.7 Å². The second kappa shape index (κ2) is 2.51. The van der Waals surface area contributed by atoms with Crippen LogP contribution in [0.15, 0.2) is 0 Å². The first kappa shape index (κ1) is 8.02. The van der Waals surface area contributed by atoms with Crippen LogP contribution in [0.5, 0.6) is 0 Å². The molecule has 2 heteroatoms. The topological polar surface area (TPSA) is 12.5 Å². The number of hydrogen-bond donors (Lipinski definition) is 0. The SMILES string of the molecule is C[C@@H]1CN(C(C)(C)C)CO1. The molecular formula is C8H17NO. The molecule has 0 unspecified atom stereocenters. The summed E-state index contributed by atoms with van der Waals surface area (Å²) in [7, 11) is 0. The van der Waals surface area contributed by atoms with Crippen LogP contribution in [0, 0.1) is 0 Å². The van der Waals surface area contributed by atoms with Crippen molar-refractivity contribution in [2.45, 2.75) is 39.3 Å². The molecule has 1 atom stereocenters. The summed E-state index contributed by atoms with van der Waals surface area (Å²) in [5.74, 6) is 0. The fourth-order valence-electron chi connectivity index (χ4n) is 1.10. The second-order valence-corrected chi connectivity index (χ2v) is 4.00. The molecule has 0 radical (unpaired) electrons. The highest BCUT2D eigenvalue weighted by molar-refractivity contribution is 4.79. The molecule has 0 N–H and O–H groups in total. The van der Waals surface area contributed by atoms with Gasteiger partial charge in [0.1, 0.15) is 0 Å². The smallest absolute Gasteiger partial charge is 0.0999 e. The summed E-state index contributed by atoms with van der Waals surface area (Å²) >= 11 is 0. The Balaban J connectivity index is 2.45. The van der Waals surface area contributed by atoms with Gasteiger partial charge in [-0.2, -0.15) is 0 Å². The lowest BCUT2D eigenvalue weighted by atomic mass is 10.1. The molecule has 1 aliphatic heterocycles. The van der Waals surface area contributed by atoms with Gasteiger partial charge in [0.15, 0.2) is 0 Å². The van der Waals surface area contributed by atoms with Crippen LogP contribution in [-0.4, -0.2) is 29.8 Å². The van der Waals surface area contributed by atoms with Crippen LogP contribution in [-0.2, 0) is 4.74 Å². The zero-order valence-electron chi connectivity index (χ0n) is 7.35. The highest BCUT2D eigenvalue weighted by Crippen LogP contribution is 2.18. The van der Waals surface area contributed by atoms with Crippen LogP contribution in [0.2, 0.25) is 0 Å². The van der Waals surface area contributed by atoms with Gasteiger partial charge < -0.3 is 4.74 Å². The largest absolute Gasteiger partial charge is 0.362 e. The van der Waals surface area contributed by atoms with Crippen LogP contribution in [0.25, 0.3) is 0 Å². The molecule has 60 valence electrons. The summed E-state index contributed by atoms with van der Waals surface area (Å²) in [5.41, 5.74) is 0.269. The normalized spacial score (nSPS) is 29.4. The predicted octanol–water partition coefficient (Wildman–Crippen LogP) is 1.46. The summed E-state index contributed by atoms with van der Waals surface area (Å²) in [4.78, 5) is 2.34. The maximum absolute atomic E-state index is 5.42. The molecule has 0 aliphatic carbocycles. The van der Waals surface area contributed by atoms with Gasteiger partial charge in [0.2, 0.25) is 0 Å². The van der Waals surface area contributed by atoms with Gasteiger partial charge in [-0.25, -0.2) is 0 Å². The van der Waals surface area contributed by atoms with Gasteiger partial charge >= 0.3 is 0 Å². The first-order chi connectivity index (χ1) is 4.50. The van der Waals surface area contributed by atoms with Crippen molar-refractivity contribution < 1.29 is 4.74 Å². The first-order valence-electron chi connectivity index (χ1n) is 3.87. The van der Waals surface area contributed by atoms with E-state index < -0.39 is 0 Å². The van der Waals surface area contributed by atoms with Gasteiger partial charge in [0.05, 0.1) is 12.8 Å². The number of ether oxygens (including phenoxy) is 1. The quantitative estimate of drug-likeness (QED) is 0.509. The minimum atomic E-state index is 0.269. The van der Waals surface area contributed by atoms with Crippen molar-refractivity contribution in [2.75, 3.05) is 13.3 Å². The summed E-state index contributed by atoms with van der Waals surface area (Å²) in [5, 5.41) is 0. The summed E-state index contributed by atoms with van der Waals surface area (Å²) in [6, 6.07) is 0. The molecule has 1 rings (SSSR count). The Morgan fingerprint density at radius 2 is 2.00 bits per heavy atom. The zero-order valence-corrected chi connectivity index (χ0v) is 7.35. The fourth-order valence-corrected chi connectivity index (χ4v) is 1.10. The Morgan fingerprint density at radius 1 is 1.40 bits per heavy atom. The van der Waals surface area contributed by atoms with E-state index in [9.17, 15) is 0 Å². The van der Waals surface area contributed by atoms with Gasteiger partial charge in [-0.1, -0.05) is 0 Å². The zero-order chi connectivity index (χ0) is 7.78. The van der Waals surface area contributed by atoms with E-state index in [1.807, 2.05) is 0 Å². The van der Waals surface area contributed by atoms with Crippen LogP contribution in [0.3, 0.4) is 0 Å². The van der Waals surface area contributed by atoms with Crippen molar-refractivity contribution in [1.29, 1.82) is 0 Å². The van der Waals surface area contributed by atoms with Gasteiger partial charge in [-0.05, 0) is 27.7 Å². The lowest BCUT2D eigenvalue weighted by Crippen LogP contribution is -2.39. The molecule has 10 heavy (non-hydrogen) atoms. The molecule has 0 bridgehead atoms. The molecular weight excluding hydrogens is 126 g/mol. The third-order valence-electron chi connectivity index (χ3n) is 1.94. The van der Waals surface area contributed by atoms with Crippen molar-refractivity contribution >= 4 is 0 Å². The van der Waals surface area contributed by atoms with E-state index in [4.69, 9.17) is 4.74 Å². The molecule has 0 aromatic rings. The average molecular weight is 143 g/mol. The van der Waals surface area contributed by atoms with Crippen molar-refractivity contribution in [3.05, 3.63) is 0 Å². The molecule has 1 fully saturated rings. The van der Waals surface area contributed by atoms with Crippen molar-refractivity contribution in [3.63, 3.8) is 0 Å². The molecule has 1 heterocycles. The van der Waals surface area contributed by atoms with Crippen molar-refractivity contribution in [2.24, 2.45) is 0 Å². The number of hydrogen-bond acceptors (Lipinski definition) is 2. The number of rotatable bonds is 0. The van der Waals surface area contributed by atoms with Crippen molar-refractivity contribution in [1.82, 2.24) is 4.90 Å². The van der Waals surface area contributed by atoms with Gasteiger partial charge in [-0.3, -0.25) is 4.90 Å². The molecule has 0 spiro atoms. The Morgan fingerprint density at radius 3 is 2.20 bits per heavy atom. The lowest BCUT2D eigenvalue weighted by Gasteiger charge is -2.29. The Labute approximate surface area is 63.2 Å². The molecule has 1 saturated heterocycles. The fraction of sp³-hybridized carbons (Fsp3) is 1.00. The average Bonchev–Trinajstić information content (AvgIpc) is 2.11.